The van der Waals surface area contributed by atoms with Gasteiger partial charge in [-0.25, -0.2) is 13.6 Å². The summed E-state index contributed by atoms with van der Waals surface area (Å²) >= 11 is 5.44. The summed E-state index contributed by atoms with van der Waals surface area (Å²) in [5.74, 6) is 1.54. The highest BCUT2D eigenvalue weighted by atomic mass is 32.2. The number of benzene rings is 3. The number of thiocarbonyl (C=S) groups is 1. The van der Waals surface area contributed by atoms with Gasteiger partial charge >= 0.3 is 0 Å². The third-order valence-electron chi connectivity index (χ3n) is 5.27. The largest absolute Gasteiger partial charge is 0.457 e. The number of aryl methyl sites for hydroxylation is 1. The monoisotopic (exact) mass is 507 g/mol. The van der Waals surface area contributed by atoms with Gasteiger partial charge in [0.25, 0.3) is 0 Å². The molecule has 3 aromatic carbocycles. The molecule has 0 amide bonds. The highest BCUT2D eigenvalue weighted by Gasteiger charge is 2.14. The minimum absolute atomic E-state index is 0.0353. The van der Waals surface area contributed by atoms with E-state index in [4.69, 9.17) is 22.1 Å². The zero-order chi connectivity index (χ0) is 25.0. The number of nitrogens with zero attached hydrogens (tertiary/aromatic N) is 2. The fraction of sp³-hybridized carbons (Fsp3) is 0.120. The van der Waals surface area contributed by atoms with Crippen molar-refractivity contribution in [1.82, 2.24) is 9.78 Å². The van der Waals surface area contributed by atoms with Crippen LogP contribution in [0.3, 0.4) is 0 Å². The van der Waals surface area contributed by atoms with Crippen LogP contribution in [0.5, 0.6) is 11.5 Å². The standard InChI is InChI=1S/C25H25N5O3S2/c1-17-24(28-25(34)27-20-11-13-23(14-12-20)35(26,31)32)18(2)30(29-17)16-19-7-6-10-22(15-19)33-21-8-4-3-5-9-21/h3-15H,16H2,1-2H3,(H2,26,31,32)(H2,27,28,34). The van der Waals surface area contributed by atoms with E-state index in [0.29, 0.717) is 17.3 Å². The summed E-state index contributed by atoms with van der Waals surface area (Å²) in [6.45, 7) is 4.44. The molecule has 180 valence electrons. The Bertz CT molecular complexity index is 1450. The summed E-state index contributed by atoms with van der Waals surface area (Å²) in [4.78, 5) is 0.0353. The van der Waals surface area contributed by atoms with Crippen LogP contribution >= 0.6 is 12.2 Å². The Morgan fingerprint density at radius 2 is 1.66 bits per heavy atom. The van der Waals surface area contributed by atoms with Gasteiger partial charge in [0.15, 0.2) is 5.11 Å². The molecule has 1 heterocycles. The van der Waals surface area contributed by atoms with Crippen LogP contribution in [0.4, 0.5) is 11.4 Å². The van der Waals surface area contributed by atoms with Gasteiger partial charge in [-0.05, 0) is 80.2 Å². The molecule has 0 fully saturated rings. The van der Waals surface area contributed by atoms with Crippen molar-refractivity contribution in [3.8, 4) is 11.5 Å². The van der Waals surface area contributed by atoms with E-state index in [1.54, 1.807) is 12.1 Å². The maximum atomic E-state index is 11.4. The smallest absolute Gasteiger partial charge is 0.238 e. The lowest BCUT2D eigenvalue weighted by Gasteiger charge is -2.12. The number of hydrogen-bond acceptors (Lipinski definition) is 5. The molecule has 0 saturated carbocycles. The molecule has 4 aromatic rings. The number of nitrogens with two attached hydrogens (primary N) is 1. The van der Waals surface area contributed by atoms with E-state index >= 15 is 0 Å². The first kappa shape index (κ1) is 24.4. The molecule has 35 heavy (non-hydrogen) atoms. The molecule has 0 atom stereocenters. The average Bonchev–Trinajstić information content (AvgIpc) is 3.07. The van der Waals surface area contributed by atoms with E-state index in [0.717, 1.165) is 34.1 Å². The Morgan fingerprint density at radius 3 is 2.34 bits per heavy atom. The van der Waals surface area contributed by atoms with Crippen LogP contribution in [0.2, 0.25) is 0 Å². The molecule has 0 radical (unpaired) electrons. The van der Waals surface area contributed by atoms with Gasteiger partial charge in [0, 0.05) is 5.69 Å². The number of para-hydroxylation sites is 1. The van der Waals surface area contributed by atoms with Gasteiger partial charge in [-0.3, -0.25) is 4.68 Å². The molecule has 0 spiro atoms. The summed E-state index contributed by atoms with van der Waals surface area (Å²) in [6.07, 6.45) is 0. The number of aromatic nitrogens is 2. The van der Waals surface area contributed by atoms with E-state index in [9.17, 15) is 8.42 Å². The Balaban J connectivity index is 1.44. The Labute approximate surface area is 209 Å². The summed E-state index contributed by atoms with van der Waals surface area (Å²) in [5.41, 5.74) is 4.21. The first-order chi connectivity index (χ1) is 16.7. The first-order valence-electron chi connectivity index (χ1n) is 10.8. The van der Waals surface area contributed by atoms with E-state index in [1.807, 2.05) is 73.1 Å². The highest BCUT2D eigenvalue weighted by molar-refractivity contribution is 7.89. The van der Waals surface area contributed by atoms with Crippen molar-refractivity contribution < 1.29 is 13.2 Å². The van der Waals surface area contributed by atoms with E-state index < -0.39 is 10.0 Å². The van der Waals surface area contributed by atoms with Gasteiger partial charge in [-0.2, -0.15) is 5.10 Å². The molecular weight excluding hydrogens is 482 g/mol. The van der Waals surface area contributed by atoms with Crippen LogP contribution in [-0.2, 0) is 16.6 Å². The molecule has 0 aliphatic rings. The molecule has 0 unspecified atom stereocenters. The van der Waals surface area contributed by atoms with Gasteiger partial charge in [0.2, 0.25) is 10.0 Å². The molecule has 0 saturated heterocycles. The fourth-order valence-electron chi connectivity index (χ4n) is 3.54. The number of anilines is 2. The number of primary sulfonamides is 1. The molecule has 8 nitrogen and oxygen atoms in total. The normalized spacial score (nSPS) is 11.2. The van der Waals surface area contributed by atoms with Crippen LogP contribution in [0.25, 0.3) is 0 Å². The number of hydrogen-bond donors (Lipinski definition) is 3. The van der Waals surface area contributed by atoms with Crippen LogP contribution < -0.4 is 20.5 Å². The zero-order valence-corrected chi connectivity index (χ0v) is 20.9. The highest BCUT2D eigenvalue weighted by Crippen LogP contribution is 2.24. The predicted molar refractivity (Wildman–Crippen MR) is 141 cm³/mol. The van der Waals surface area contributed by atoms with Crippen molar-refractivity contribution in [1.29, 1.82) is 0 Å². The number of rotatable bonds is 7. The molecule has 4 N–H and O–H groups in total. The Morgan fingerprint density at radius 1 is 0.971 bits per heavy atom. The quantitative estimate of drug-likeness (QED) is 0.308. The summed E-state index contributed by atoms with van der Waals surface area (Å²) in [7, 11) is -3.74. The molecular formula is C25H25N5O3S2. The lowest BCUT2D eigenvalue weighted by atomic mass is 10.2. The minimum atomic E-state index is -3.74. The SMILES string of the molecule is Cc1nn(Cc2cccc(Oc3ccccc3)c2)c(C)c1NC(=S)Nc1ccc(S(N)(=O)=O)cc1. The first-order valence-corrected chi connectivity index (χ1v) is 12.7. The summed E-state index contributed by atoms with van der Waals surface area (Å²) < 4.78 is 30.7. The average molecular weight is 508 g/mol. The predicted octanol–water partition coefficient (Wildman–Crippen LogP) is 4.80. The molecule has 1 aromatic heterocycles. The Kier molecular flexibility index (Phi) is 7.15. The third-order valence-corrected chi connectivity index (χ3v) is 6.40. The van der Waals surface area contributed by atoms with Gasteiger partial charge in [-0.15, -0.1) is 0 Å². The van der Waals surface area contributed by atoms with Gasteiger partial charge in [0.05, 0.1) is 28.5 Å². The molecule has 10 heteroatoms. The summed E-state index contributed by atoms with van der Waals surface area (Å²) in [6, 6.07) is 23.6. The van der Waals surface area contributed by atoms with Crippen molar-refractivity contribution in [2.24, 2.45) is 5.14 Å². The molecule has 0 aliphatic heterocycles. The van der Waals surface area contributed by atoms with E-state index in [2.05, 4.69) is 15.7 Å². The van der Waals surface area contributed by atoms with Gasteiger partial charge in [0.1, 0.15) is 11.5 Å². The van der Waals surface area contributed by atoms with Crippen molar-refractivity contribution >= 4 is 38.7 Å². The van der Waals surface area contributed by atoms with Crippen molar-refractivity contribution in [2.45, 2.75) is 25.3 Å². The van der Waals surface area contributed by atoms with Crippen LogP contribution in [0, 0.1) is 13.8 Å². The van der Waals surface area contributed by atoms with Crippen LogP contribution in [0.1, 0.15) is 17.0 Å². The topological polar surface area (TPSA) is 111 Å². The van der Waals surface area contributed by atoms with E-state index in [-0.39, 0.29) is 4.90 Å². The lowest BCUT2D eigenvalue weighted by Crippen LogP contribution is -2.20. The number of ether oxygens (including phenoxy) is 1. The van der Waals surface area contributed by atoms with E-state index in [1.165, 1.54) is 12.1 Å². The zero-order valence-electron chi connectivity index (χ0n) is 19.2. The second-order valence-electron chi connectivity index (χ2n) is 7.91. The molecule has 4 rings (SSSR count). The van der Waals surface area contributed by atoms with Gasteiger partial charge < -0.3 is 15.4 Å². The van der Waals surface area contributed by atoms with Crippen molar-refractivity contribution in [3.63, 3.8) is 0 Å². The van der Waals surface area contributed by atoms with Gasteiger partial charge in [-0.1, -0.05) is 30.3 Å². The van der Waals surface area contributed by atoms with Crippen molar-refractivity contribution in [2.75, 3.05) is 10.6 Å². The maximum Gasteiger partial charge on any atom is 0.238 e. The lowest BCUT2D eigenvalue weighted by molar-refractivity contribution is 0.481. The minimum Gasteiger partial charge on any atom is -0.457 e. The second kappa shape index (κ2) is 10.3. The summed E-state index contributed by atoms with van der Waals surface area (Å²) in [5, 5.41) is 16.4. The Hall–Kier alpha value is -3.73. The second-order valence-corrected chi connectivity index (χ2v) is 9.88. The van der Waals surface area contributed by atoms with Crippen LogP contribution in [0.15, 0.2) is 83.8 Å². The maximum absolute atomic E-state index is 11.4. The number of nitrogens with one attached hydrogen (secondary N) is 2. The third kappa shape index (κ3) is 6.24. The molecule has 0 bridgehead atoms. The van der Waals surface area contributed by atoms with Crippen LogP contribution in [-0.4, -0.2) is 23.3 Å². The molecule has 0 aliphatic carbocycles. The van der Waals surface area contributed by atoms with Crippen molar-refractivity contribution in [3.05, 3.63) is 95.8 Å². The fourth-order valence-corrected chi connectivity index (χ4v) is 4.28. The number of sulfonamides is 1.